The van der Waals surface area contributed by atoms with Gasteiger partial charge in [0, 0.05) is 30.6 Å². The molecule has 30 heavy (non-hydrogen) atoms. The Balaban J connectivity index is 2.05. The van der Waals surface area contributed by atoms with Crippen molar-refractivity contribution in [2.24, 2.45) is 5.92 Å². The second-order valence-corrected chi connectivity index (χ2v) is 10.3. The molecule has 1 fully saturated rings. The molecule has 1 aliphatic heterocycles. The molecular formula is C22H32N2O5S. The number of hydrogen-bond donors (Lipinski definition) is 3. The Kier molecular flexibility index (Phi) is 7.10. The highest BCUT2D eigenvalue weighted by Crippen LogP contribution is 2.34. The van der Waals surface area contributed by atoms with Crippen LogP contribution in [0.25, 0.3) is 0 Å². The van der Waals surface area contributed by atoms with E-state index in [9.17, 15) is 18.6 Å². The van der Waals surface area contributed by atoms with Crippen LogP contribution in [0, 0.1) is 17.8 Å². The molecule has 2 aliphatic rings. The number of fused-ring (bicyclic) bond motifs is 1. The number of sulfonamides is 1. The van der Waals surface area contributed by atoms with Crippen LogP contribution in [0.3, 0.4) is 0 Å². The van der Waals surface area contributed by atoms with Gasteiger partial charge in [0.25, 0.3) is 0 Å². The van der Waals surface area contributed by atoms with Gasteiger partial charge in [0.1, 0.15) is 22.4 Å². The van der Waals surface area contributed by atoms with Crippen LogP contribution in [0.2, 0.25) is 0 Å². The van der Waals surface area contributed by atoms with Crippen LogP contribution in [-0.4, -0.2) is 67.4 Å². The lowest BCUT2D eigenvalue weighted by molar-refractivity contribution is 0.103. The summed E-state index contributed by atoms with van der Waals surface area (Å²) in [4.78, 5) is 0.0703. The quantitative estimate of drug-likeness (QED) is 0.616. The third kappa shape index (κ3) is 4.82. The van der Waals surface area contributed by atoms with Crippen molar-refractivity contribution in [2.75, 3.05) is 26.7 Å². The van der Waals surface area contributed by atoms with Gasteiger partial charge in [0.05, 0.1) is 6.61 Å². The Morgan fingerprint density at radius 1 is 1.37 bits per heavy atom. The smallest absolute Gasteiger partial charge is 0.247 e. The third-order valence-electron chi connectivity index (χ3n) is 5.94. The largest absolute Gasteiger partial charge is 0.487 e. The number of rotatable bonds is 4. The van der Waals surface area contributed by atoms with Gasteiger partial charge < -0.3 is 20.3 Å². The summed E-state index contributed by atoms with van der Waals surface area (Å²) in [6, 6.07) is 4.25. The number of hydrogen-bond acceptors (Lipinski definition) is 6. The first-order valence-electron chi connectivity index (χ1n) is 10.5. The van der Waals surface area contributed by atoms with E-state index in [1.165, 1.54) is 10.4 Å². The molecule has 1 aromatic rings. The van der Waals surface area contributed by atoms with Gasteiger partial charge in [-0.25, -0.2) is 8.42 Å². The summed E-state index contributed by atoms with van der Waals surface area (Å²) in [7, 11) is -2.03. The highest BCUT2D eigenvalue weighted by molar-refractivity contribution is 7.89. The molecule has 0 amide bonds. The summed E-state index contributed by atoms with van der Waals surface area (Å²) >= 11 is 0. The molecular weight excluding hydrogens is 404 g/mol. The van der Waals surface area contributed by atoms with Crippen LogP contribution in [0.15, 0.2) is 23.1 Å². The van der Waals surface area contributed by atoms with Crippen molar-refractivity contribution in [3.63, 3.8) is 0 Å². The molecule has 3 atom stereocenters. The topological polar surface area (TPSA) is 99.1 Å². The van der Waals surface area contributed by atoms with Crippen molar-refractivity contribution in [1.29, 1.82) is 0 Å². The molecule has 3 rings (SSSR count). The van der Waals surface area contributed by atoms with Crippen LogP contribution in [0.4, 0.5) is 0 Å². The van der Waals surface area contributed by atoms with Crippen LogP contribution < -0.4 is 10.1 Å². The maximum absolute atomic E-state index is 13.4. The Bertz CT molecular complexity index is 915. The first-order chi connectivity index (χ1) is 14.2. The van der Waals surface area contributed by atoms with E-state index < -0.39 is 21.7 Å². The van der Waals surface area contributed by atoms with Gasteiger partial charge in [-0.2, -0.15) is 4.31 Å². The van der Waals surface area contributed by atoms with Crippen molar-refractivity contribution in [1.82, 2.24) is 9.62 Å². The predicted molar refractivity (Wildman–Crippen MR) is 115 cm³/mol. The number of nitrogens with one attached hydrogen (secondary N) is 1. The summed E-state index contributed by atoms with van der Waals surface area (Å²) in [5, 5.41) is 23.2. The number of aliphatic hydroxyl groups excluding tert-OH is 1. The summed E-state index contributed by atoms with van der Waals surface area (Å²) in [5.41, 5.74) is -0.365. The first kappa shape index (κ1) is 23.0. The molecule has 1 heterocycles. The zero-order valence-corrected chi connectivity index (χ0v) is 18.7. The van der Waals surface area contributed by atoms with E-state index in [2.05, 4.69) is 17.2 Å². The first-order valence-corrected chi connectivity index (χ1v) is 12.0. The molecule has 3 N–H and O–H groups in total. The number of aliphatic hydroxyl groups is 2. The summed E-state index contributed by atoms with van der Waals surface area (Å²) < 4.78 is 34.2. The molecule has 166 valence electrons. The van der Waals surface area contributed by atoms with Gasteiger partial charge in [-0.15, -0.1) is 0 Å². The van der Waals surface area contributed by atoms with Crippen molar-refractivity contribution >= 4 is 10.0 Å². The third-order valence-corrected chi connectivity index (χ3v) is 7.96. The monoisotopic (exact) mass is 436 g/mol. The van der Waals surface area contributed by atoms with E-state index in [-0.39, 0.29) is 35.8 Å². The lowest BCUT2D eigenvalue weighted by Gasteiger charge is -2.36. The van der Waals surface area contributed by atoms with Gasteiger partial charge in [-0.3, -0.25) is 0 Å². The maximum Gasteiger partial charge on any atom is 0.247 e. The lowest BCUT2D eigenvalue weighted by atomic mass is 10.0. The van der Waals surface area contributed by atoms with Gasteiger partial charge in [0.2, 0.25) is 10.0 Å². The van der Waals surface area contributed by atoms with Crippen LogP contribution in [-0.2, 0) is 10.0 Å². The van der Waals surface area contributed by atoms with E-state index in [1.54, 1.807) is 19.1 Å². The number of likely N-dealkylation sites (N-methyl/N-ethyl adjacent to an activating group) is 1. The molecule has 0 radical (unpaired) electrons. The average molecular weight is 437 g/mol. The fraction of sp³-hybridized carbons (Fsp3) is 0.636. The highest BCUT2D eigenvalue weighted by atomic mass is 32.2. The van der Waals surface area contributed by atoms with Gasteiger partial charge in [0.15, 0.2) is 0 Å². The van der Waals surface area contributed by atoms with E-state index in [1.807, 2.05) is 14.0 Å². The second-order valence-electron chi connectivity index (χ2n) is 8.45. The van der Waals surface area contributed by atoms with Gasteiger partial charge in [-0.05, 0) is 57.9 Å². The minimum absolute atomic E-state index is 0.0703. The standard InChI is InChI=1S/C22H32N2O5S/c1-16-14-24(17(2)15-25)30(27,28)21-7-6-18(8-11-22(26)9-4-5-10-22)12-19(21)29-20(16)13-23-3/h6-7,12,16-17,20,23,25-26H,4-5,9-10,13-15H2,1-3H3/t16-,17-,20+/m0/s1. The molecule has 0 saturated heterocycles. The van der Waals surface area contributed by atoms with Crippen molar-refractivity contribution in [3.8, 4) is 17.6 Å². The zero-order chi connectivity index (χ0) is 21.9. The second kappa shape index (κ2) is 9.25. The molecule has 1 aliphatic carbocycles. The molecule has 0 unspecified atom stereocenters. The number of ether oxygens (including phenoxy) is 1. The predicted octanol–water partition coefficient (Wildman–Crippen LogP) is 1.33. The normalized spacial score (nSPS) is 26.4. The fourth-order valence-electron chi connectivity index (χ4n) is 4.02. The zero-order valence-electron chi connectivity index (χ0n) is 17.9. The van der Waals surface area contributed by atoms with E-state index in [0.29, 0.717) is 24.9 Å². The Morgan fingerprint density at radius 3 is 2.70 bits per heavy atom. The molecule has 7 nitrogen and oxygen atoms in total. The molecule has 1 aromatic carbocycles. The fourth-order valence-corrected chi connectivity index (χ4v) is 5.85. The van der Waals surface area contributed by atoms with Crippen LogP contribution in [0.5, 0.6) is 5.75 Å². The molecule has 0 spiro atoms. The summed E-state index contributed by atoms with van der Waals surface area (Å²) in [6.07, 6.45) is 2.98. The van der Waals surface area contributed by atoms with Crippen molar-refractivity contribution < 1.29 is 23.4 Å². The minimum atomic E-state index is -3.85. The highest BCUT2D eigenvalue weighted by Gasteiger charge is 2.37. The van der Waals surface area contributed by atoms with E-state index in [4.69, 9.17) is 4.74 Å². The lowest BCUT2D eigenvalue weighted by Crippen LogP contribution is -2.49. The average Bonchev–Trinajstić information content (AvgIpc) is 3.15. The molecule has 0 aromatic heterocycles. The van der Waals surface area contributed by atoms with Crippen molar-refractivity contribution in [2.45, 2.75) is 62.2 Å². The van der Waals surface area contributed by atoms with Gasteiger partial charge in [-0.1, -0.05) is 18.8 Å². The van der Waals surface area contributed by atoms with Crippen molar-refractivity contribution in [3.05, 3.63) is 23.8 Å². The maximum atomic E-state index is 13.4. The Morgan fingerprint density at radius 2 is 2.07 bits per heavy atom. The molecule has 8 heteroatoms. The van der Waals surface area contributed by atoms with Gasteiger partial charge >= 0.3 is 0 Å². The Labute approximate surface area is 179 Å². The summed E-state index contributed by atoms with van der Waals surface area (Å²) in [6.45, 7) is 4.18. The number of benzene rings is 1. The minimum Gasteiger partial charge on any atom is -0.487 e. The number of nitrogens with zero attached hydrogens (tertiary/aromatic N) is 1. The summed E-state index contributed by atoms with van der Waals surface area (Å²) in [5.74, 6) is 6.11. The molecule has 1 saturated carbocycles. The van der Waals surface area contributed by atoms with Crippen LogP contribution >= 0.6 is 0 Å². The van der Waals surface area contributed by atoms with E-state index >= 15 is 0 Å². The molecule has 0 bridgehead atoms. The van der Waals surface area contributed by atoms with E-state index in [0.717, 1.165) is 12.8 Å². The van der Waals surface area contributed by atoms with Crippen LogP contribution in [0.1, 0.15) is 45.1 Å². The Hall–Kier alpha value is -1.63. The SMILES string of the molecule is CNC[C@H]1Oc2cc(C#CC3(O)CCCC3)ccc2S(=O)(=O)N([C@@H](C)CO)C[C@@H]1C.